The van der Waals surface area contributed by atoms with Crippen molar-refractivity contribution >= 4 is 23.8 Å². The van der Waals surface area contributed by atoms with Crippen molar-refractivity contribution in [2.24, 2.45) is 17.6 Å². The molecule has 152 valence electrons. The number of likely N-dealkylation sites (tertiary alicyclic amines) is 1. The number of urea groups is 1. The lowest BCUT2D eigenvalue weighted by atomic mass is 9.96. The van der Waals surface area contributed by atoms with Crippen LogP contribution in [0.15, 0.2) is 24.3 Å². The minimum absolute atomic E-state index is 0.229. The number of halogens is 1. The average Bonchev–Trinajstić information content (AvgIpc) is 2.65. The number of esters is 1. The number of benzene rings is 1. The molecule has 1 aliphatic rings. The SMILES string of the molecule is CC(C)[C@@H](OC(=O)C1CCN(C(=O)c2ccc(F)cc2)CC1)C(=O)NC(N)=O. The summed E-state index contributed by atoms with van der Waals surface area (Å²) >= 11 is 0. The number of piperidine rings is 1. The monoisotopic (exact) mass is 393 g/mol. The number of primary amides is 1. The van der Waals surface area contributed by atoms with Crippen LogP contribution in [0.2, 0.25) is 0 Å². The summed E-state index contributed by atoms with van der Waals surface area (Å²) in [7, 11) is 0. The molecule has 0 spiro atoms. The van der Waals surface area contributed by atoms with E-state index < -0.39 is 35.7 Å². The maximum atomic E-state index is 13.0. The van der Waals surface area contributed by atoms with Gasteiger partial charge in [-0.2, -0.15) is 0 Å². The molecule has 28 heavy (non-hydrogen) atoms. The molecule has 1 saturated heterocycles. The number of nitrogens with zero attached hydrogens (tertiary/aromatic N) is 1. The van der Waals surface area contributed by atoms with Gasteiger partial charge in [0.1, 0.15) is 5.82 Å². The molecule has 0 aliphatic carbocycles. The molecule has 0 unspecified atom stereocenters. The predicted molar refractivity (Wildman–Crippen MR) is 97.5 cm³/mol. The second-order valence-corrected chi connectivity index (χ2v) is 7.03. The molecular formula is C19H24FN3O5. The molecule has 1 atom stereocenters. The van der Waals surface area contributed by atoms with Gasteiger partial charge in [0.05, 0.1) is 5.92 Å². The minimum Gasteiger partial charge on any atom is -0.452 e. The summed E-state index contributed by atoms with van der Waals surface area (Å²) in [5, 5.41) is 1.92. The zero-order valence-corrected chi connectivity index (χ0v) is 15.8. The molecule has 1 heterocycles. The Morgan fingerprint density at radius 2 is 1.71 bits per heavy atom. The standard InChI is InChI=1S/C19H24FN3O5/c1-11(2)15(16(24)22-19(21)27)28-18(26)13-7-9-23(10-8-13)17(25)12-3-5-14(20)6-4-12/h3-6,11,13,15H,7-10H2,1-2H3,(H3,21,22,24,27)/t15-/m1/s1. The fraction of sp³-hybridized carbons (Fsp3) is 0.474. The number of nitrogens with two attached hydrogens (primary N) is 1. The third-order valence-electron chi connectivity index (χ3n) is 4.56. The molecule has 0 aromatic heterocycles. The van der Waals surface area contributed by atoms with Crippen molar-refractivity contribution in [2.75, 3.05) is 13.1 Å². The summed E-state index contributed by atoms with van der Waals surface area (Å²) < 4.78 is 18.3. The van der Waals surface area contributed by atoms with Gasteiger partial charge in [0.15, 0.2) is 6.10 Å². The Balaban J connectivity index is 1.91. The highest BCUT2D eigenvalue weighted by molar-refractivity contribution is 5.97. The number of ether oxygens (including phenoxy) is 1. The molecular weight excluding hydrogens is 369 g/mol. The minimum atomic E-state index is -1.13. The van der Waals surface area contributed by atoms with E-state index in [4.69, 9.17) is 10.5 Å². The maximum Gasteiger partial charge on any atom is 0.318 e. The van der Waals surface area contributed by atoms with E-state index in [9.17, 15) is 23.6 Å². The maximum absolute atomic E-state index is 13.0. The van der Waals surface area contributed by atoms with E-state index >= 15 is 0 Å². The van der Waals surface area contributed by atoms with Crippen LogP contribution in [0.4, 0.5) is 9.18 Å². The van der Waals surface area contributed by atoms with Gasteiger partial charge in [0.2, 0.25) is 0 Å². The Morgan fingerprint density at radius 3 is 2.21 bits per heavy atom. The van der Waals surface area contributed by atoms with Gasteiger partial charge in [-0.1, -0.05) is 13.8 Å². The molecule has 0 radical (unpaired) electrons. The van der Waals surface area contributed by atoms with Gasteiger partial charge < -0.3 is 15.4 Å². The first kappa shape index (κ1) is 21.3. The largest absolute Gasteiger partial charge is 0.452 e. The topological polar surface area (TPSA) is 119 Å². The van der Waals surface area contributed by atoms with Crippen LogP contribution in [0.1, 0.15) is 37.0 Å². The molecule has 1 aromatic carbocycles. The lowest BCUT2D eigenvalue weighted by Gasteiger charge is -2.32. The number of carbonyl (C=O) groups is 4. The molecule has 9 heteroatoms. The highest BCUT2D eigenvalue weighted by Gasteiger charge is 2.33. The van der Waals surface area contributed by atoms with Gasteiger partial charge in [-0.15, -0.1) is 0 Å². The van der Waals surface area contributed by atoms with Crippen LogP contribution in [0, 0.1) is 17.7 Å². The number of rotatable bonds is 5. The zero-order chi connectivity index (χ0) is 20.8. The molecule has 2 rings (SSSR count). The Morgan fingerprint density at radius 1 is 1.14 bits per heavy atom. The molecule has 1 aliphatic heterocycles. The lowest BCUT2D eigenvalue weighted by molar-refractivity contribution is -0.163. The van der Waals surface area contributed by atoms with E-state index in [0.717, 1.165) is 0 Å². The normalized spacial score (nSPS) is 15.8. The van der Waals surface area contributed by atoms with Gasteiger partial charge in [-0.25, -0.2) is 9.18 Å². The number of amides is 4. The molecule has 0 bridgehead atoms. The molecule has 4 amide bonds. The van der Waals surface area contributed by atoms with Gasteiger partial charge in [0, 0.05) is 18.7 Å². The van der Waals surface area contributed by atoms with Crippen LogP contribution in [0.3, 0.4) is 0 Å². The van der Waals surface area contributed by atoms with E-state index in [1.165, 1.54) is 24.3 Å². The van der Waals surface area contributed by atoms with E-state index in [2.05, 4.69) is 0 Å². The van der Waals surface area contributed by atoms with Crippen LogP contribution in [-0.2, 0) is 14.3 Å². The fourth-order valence-electron chi connectivity index (χ4n) is 3.00. The summed E-state index contributed by atoms with van der Waals surface area (Å²) in [5.74, 6) is -2.76. The van der Waals surface area contributed by atoms with E-state index in [0.29, 0.717) is 31.5 Å². The quantitative estimate of drug-likeness (QED) is 0.734. The van der Waals surface area contributed by atoms with Crippen LogP contribution < -0.4 is 11.1 Å². The van der Waals surface area contributed by atoms with Crippen molar-refractivity contribution in [3.8, 4) is 0 Å². The molecule has 1 aromatic rings. The first-order chi connectivity index (χ1) is 13.2. The first-order valence-corrected chi connectivity index (χ1v) is 9.04. The molecule has 3 N–H and O–H groups in total. The Bertz CT molecular complexity index is 742. The highest BCUT2D eigenvalue weighted by atomic mass is 19.1. The summed E-state index contributed by atoms with van der Waals surface area (Å²) in [6.07, 6.45) is -0.360. The predicted octanol–water partition coefficient (Wildman–Crippen LogP) is 1.44. The van der Waals surface area contributed by atoms with Crippen LogP contribution in [0.5, 0.6) is 0 Å². The van der Waals surface area contributed by atoms with Crippen molar-refractivity contribution in [3.05, 3.63) is 35.6 Å². The van der Waals surface area contributed by atoms with Crippen molar-refractivity contribution < 1.29 is 28.3 Å². The second kappa shape index (κ2) is 9.29. The summed E-state index contributed by atoms with van der Waals surface area (Å²) in [5.41, 5.74) is 5.32. The number of imide groups is 1. The summed E-state index contributed by atoms with van der Waals surface area (Å²) in [6.45, 7) is 4.05. The summed E-state index contributed by atoms with van der Waals surface area (Å²) in [4.78, 5) is 49.3. The molecule has 0 saturated carbocycles. The van der Waals surface area contributed by atoms with E-state index in [-0.39, 0.29) is 11.8 Å². The average molecular weight is 393 g/mol. The first-order valence-electron chi connectivity index (χ1n) is 9.04. The second-order valence-electron chi connectivity index (χ2n) is 7.03. The lowest BCUT2D eigenvalue weighted by Crippen LogP contribution is -2.47. The van der Waals surface area contributed by atoms with Crippen LogP contribution in [0.25, 0.3) is 0 Å². The number of nitrogens with one attached hydrogen (secondary N) is 1. The zero-order valence-electron chi connectivity index (χ0n) is 15.8. The van der Waals surface area contributed by atoms with Gasteiger partial charge >= 0.3 is 12.0 Å². The molecule has 1 fully saturated rings. The Kier molecular flexibility index (Phi) is 7.08. The van der Waals surface area contributed by atoms with Crippen LogP contribution in [-0.4, -0.2) is 47.9 Å². The number of carbonyl (C=O) groups excluding carboxylic acids is 4. The van der Waals surface area contributed by atoms with Crippen molar-refractivity contribution in [3.63, 3.8) is 0 Å². The van der Waals surface area contributed by atoms with Crippen molar-refractivity contribution in [1.82, 2.24) is 10.2 Å². The third-order valence-corrected chi connectivity index (χ3v) is 4.56. The Hall–Kier alpha value is -2.97. The molecule has 8 nitrogen and oxygen atoms in total. The van der Waals surface area contributed by atoms with Crippen LogP contribution >= 0.6 is 0 Å². The van der Waals surface area contributed by atoms with E-state index in [1.54, 1.807) is 18.7 Å². The smallest absolute Gasteiger partial charge is 0.318 e. The fourth-order valence-corrected chi connectivity index (χ4v) is 3.00. The van der Waals surface area contributed by atoms with Gasteiger partial charge in [-0.3, -0.25) is 19.7 Å². The van der Waals surface area contributed by atoms with Gasteiger partial charge in [-0.05, 0) is 43.0 Å². The summed E-state index contributed by atoms with van der Waals surface area (Å²) in [6, 6.07) is 4.27. The van der Waals surface area contributed by atoms with Crippen molar-refractivity contribution in [2.45, 2.75) is 32.8 Å². The third kappa shape index (κ3) is 5.51. The van der Waals surface area contributed by atoms with Gasteiger partial charge in [0.25, 0.3) is 11.8 Å². The number of hydrogen-bond acceptors (Lipinski definition) is 5. The van der Waals surface area contributed by atoms with Crippen molar-refractivity contribution in [1.29, 1.82) is 0 Å². The number of hydrogen-bond donors (Lipinski definition) is 2. The highest BCUT2D eigenvalue weighted by Crippen LogP contribution is 2.22. The Labute approximate surface area is 162 Å². The van der Waals surface area contributed by atoms with E-state index in [1.807, 2.05) is 5.32 Å².